The van der Waals surface area contributed by atoms with Gasteiger partial charge in [0, 0.05) is 0 Å². The third-order valence-corrected chi connectivity index (χ3v) is 3.41. The second-order valence-corrected chi connectivity index (χ2v) is 5.57. The lowest BCUT2D eigenvalue weighted by Crippen LogP contribution is -2.21. The maximum absolute atomic E-state index is 11.9. The summed E-state index contributed by atoms with van der Waals surface area (Å²) >= 11 is 0. The molecular formula is C18H18NO5-. The smallest absolute Gasteiger partial charge is 0.337 e. The molecule has 2 aromatic carbocycles. The third-order valence-electron chi connectivity index (χ3n) is 3.41. The summed E-state index contributed by atoms with van der Waals surface area (Å²) in [5, 5.41) is 22.7. The summed E-state index contributed by atoms with van der Waals surface area (Å²) in [4.78, 5) is 23.0. The number of hydrogen-bond acceptors (Lipinski definition) is 4. The molecule has 0 atom stereocenters. The number of carbonyl (C=O) groups excluding carboxylic acids is 1. The van der Waals surface area contributed by atoms with Crippen molar-refractivity contribution in [2.75, 3.05) is 11.9 Å². The molecule has 1 amide bonds. The van der Waals surface area contributed by atoms with Crippen molar-refractivity contribution >= 4 is 17.6 Å². The van der Waals surface area contributed by atoms with Crippen molar-refractivity contribution in [2.45, 2.75) is 19.8 Å². The second-order valence-electron chi connectivity index (χ2n) is 5.57. The van der Waals surface area contributed by atoms with Crippen molar-refractivity contribution in [1.29, 1.82) is 0 Å². The number of benzene rings is 2. The maximum Gasteiger partial charge on any atom is 0.337 e. The van der Waals surface area contributed by atoms with Crippen molar-refractivity contribution < 1.29 is 24.5 Å². The first-order chi connectivity index (χ1) is 11.4. The highest BCUT2D eigenvalue weighted by Crippen LogP contribution is 2.21. The molecule has 0 saturated carbocycles. The van der Waals surface area contributed by atoms with E-state index < -0.39 is 17.6 Å². The fraction of sp³-hybridized carbons (Fsp3) is 0.222. The number of anilines is 1. The van der Waals surface area contributed by atoms with E-state index in [4.69, 9.17) is 9.84 Å². The number of carboxylic acids is 1. The van der Waals surface area contributed by atoms with Gasteiger partial charge in [-0.3, -0.25) is 4.79 Å². The fourth-order valence-electron chi connectivity index (χ4n) is 2.09. The number of aromatic carboxylic acids is 1. The van der Waals surface area contributed by atoms with E-state index in [1.54, 1.807) is 12.1 Å². The number of carboxylic acid groups (broad SMARTS) is 1. The molecule has 24 heavy (non-hydrogen) atoms. The van der Waals surface area contributed by atoms with Gasteiger partial charge in [0.1, 0.15) is 5.75 Å². The summed E-state index contributed by atoms with van der Waals surface area (Å²) in [5.74, 6) is -1.28. The summed E-state index contributed by atoms with van der Waals surface area (Å²) < 4.78 is 5.38. The molecule has 0 heterocycles. The van der Waals surface area contributed by atoms with E-state index >= 15 is 0 Å². The van der Waals surface area contributed by atoms with E-state index in [-0.39, 0.29) is 17.9 Å². The highest BCUT2D eigenvalue weighted by atomic mass is 16.5. The average Bonchev–Trinajstić information content (AvgIpc) is 2.54. The molecular weight excluding hydrogens is 310 g/mol. The lowest BCUT2D eigenvalue weighted by atomic mass is 10.0. The Balaban J connectivity index is 1.97. The molecule has 6 nitrogen and oxygen atoms in total. The highest BCUT2D eigenvalue weighted by Gasteiger charge is 2.12. The lowest BCUT2D eigenvalue weighted by molar-refractivity contribution is -0.268. The minimum atomic E-state index is -1.28. The lowest BCUT2D eigenvalue weighted by Gasteiger charge is -2.13. The number of amides is 1. The monoisotopic (exact) mass is 328 g/mol. The zero-order valence-electron chi connectivity index (χ0n) is 13.4. The van der Waals surface area contributed by atoms with Gasteiger partial charge in [-0.15, -0.1) is 5.75 Å². The molecule has 0 radical (unpaired) electrons. The Morgan fingerprint density at radius 2 is 1.83 bits per heavy atom. The molecule has 2 aromatic rings. The summed E-state index contributed by atoms with van der Waals surface area (Å²) in [7, 11) is 0. The Morgan fingerprint density at radius 3 is 2.42 bits per heavy atom. The van der Waals surface area contributed by atoms with Crippen LogP contribution in [0.15, 0.2) is 42.5 Å². The molecule has 0 aliphatic heterocycles. The normalized spacial score (nSPS) is 10.5. The van der Waals surface area contributed by atoms with Crippen molar-refractivity contribution in [1.82, 2.24) is 0 Å². The summed E-state index contributed by atoms with van der Waals surface area (Å²) in [6, 6.07) is 10.8. The SMILES string of the molecule is CC(C)c1ccc(OCC(=O)Nc2ccc([O-])cc2C(=O)O)cc1. The molecule has 0 aliphatic carbocycles. The third kappa shape index (κ3) is 4.49. The number of hydrogen-bond donors (Lipinski definition) is 2. The van der Waals surface area contributed by atoms with Gasteiger partial charge in [0.2, 0.25) is 0 Å². The van der Waals surface area contributed by atoms with Gasteiger partial charge in [0.15, 0.2) is 6.61 Å². The molecule has 0 unspecified atom stereocenters. The zero-order chi connectivity index (χ0) is 17.7. The molecule has 0 aliphatic rings. The largest absolute Gasteiger partial charge is 0.872 e. The average molecular weight is 328 g/mol. The van der Waals surface area contributed by atoms with Crippen LogP contribution in [-0.2, 0) is 4.79 Å². The predicted molar refractivity (Wildman–Crippen MR) is 87.5 cm³/mol. The van der Waals surface area contributed by atoms with Gasteiger partial charge < -0.3 is 20.3 Å². The van der Waals surface area contributed by atoms with Crippen LogP contribution in [0.25, 0.3) is 0 Å². The van der Waals surface area contributed by atoms with Gasteiger partial charge in [0.05, 0.1) is 11.3 Å². The molecule has 0 aromatic heterocycles. The molecule has 6 heteroatoms. The van der Waals surface area contributed by atoms with Gasteiger partial charge in [0.25, 0.3) is 5.91 Å². The van der Waals surface area contributed by atoms with Gasteiger partial charge in [-0.25, -0.2) is 4.79 Å². The topological polar surface area (TPSA) is 98.7 Å². The first kappa shape index (κ1) is 17.3. The number of ether oxygens (including phenoxy) is 1. The van der Waals surface area contributed by atoms with Crippen molar-refractivity contribution in [3.8, 4) is 11.5 Å². The molecule has 0 saturated heterocycles. The van der Waals surface area contributed by atoms with Crippen LogP contribution in [-0.4, -0.2) is 23.6 Å². The Kier molecular flexibility index (Phi) is 5.42. The van der Waals surface area contributed by atoms with Crippen molar-refractivity contribution in [2.24, 2.45) is 0 Å². The van der Waals surface area contributed by atoms with Gasteiger partial charge >= 0.3 is 5.97 Å². The molecule has 0 fully saturated rings. The van der Waals surface area contributed by atoms with Crippen LogP contribution in [0.2, 0.25) is 0 Å². The highest BCUT2D eigenvalue weighted by molar-refractivity contribution is 6.01. The molecule has 2 N–H and O–H groups in total. The molecule has 0 spiro atoms. The Labute approximate surface area is 139 Å². The van der Waals surface area contributed by atoms with Crippen LogP contribution in [0.4, 0.5) is 5.69 Å². The first-order valence-corrected chi connectivity index (χ1v) is 7.44. The minimum Gasteiger partial charge on any atom is -0.872 e. The van der Waals surface area contributed by atoms with E-state index in [0.717, 1.165) is 11.6 Å². The molecule has 126 valence electrons. The number of nitrogens with one attached hydrogen (secondary N) is 1. The number of rotatable bonds is 6. The second kappa shape index (κ2) is 7.50. The van der Waals surface area contributed by atoms with Crippen LogP contribution in [0.3, 0.4) is 0 Å². The number of carbonyl (C=O) groups is 2. The van der Waals surface area contributed by atoms with Gasteiger partial charge in [-0.2, -0.15) is 0 Å². The van der Waals surface area contributed by atoms with Crippen LogP contribution < -0.4 is 15.2 Å². The van der Waals surface area contributed by atoms with E-state index in [0.29, 0.717) is 11.7 Å². The van der Waals surface area contributed by atoms with Crippen molar-refractivity contribution in [3.63, 3.8) is 0 Å². The van der Waals surface area contributed by atoms with Crippen LogP contribution in [0.1, 0.15) is 35.7 Å². The van der Waals surface area contributed by atoms with E-state index in [9.17, 15) is 14.7 Å². The maximum atomic E-state index is 11.9. The predicted octanol–water partition coefficient (Wildman–Crippen LogP) is 2.60. The minimum absolute atomic E-state index is 0.0610. The Morgan fingerprint density at radius 1 is 1.17 bits per heavy atom. The zero-order valence-corrected chi connectivity index (χ0v) is 13.4. The van der Waals surface area contributed by atoms with Crippen LogP contribution in [0.5, 0.6) is 11.5 Å². The fourth-order valence-corrected chi connectivity index (χ4v) is 2.09. The van der Waals surface area contributed by atoms with Gasteiger partial charge in [-0.05, 0) is 29.7 Å². The van der Waals surface area contributed by atoms with E-state index in [2.05, 4.69) is 19.2 Å². The standard InChI is InChI=1S/C18H19NO5/c1-11(2)12-3-6-14(7-4-12)24-10-17(21)19-16-8-5-13(20)9-15(16)18(22)23/h3-9,11,20H,10H2,1-2H3,(H,19,21)(H,22,23)/p-1. The van der Waals surface area contributed by atoms with E-state index in [1.807, 2.05) is 12.1 Å². The summed E-state index contributed by atoms with van der Waals surface area (Å²) in [6.45, 7) is 3.90. The molecule has 2 rings (SSSR count). The van der Waals surface area contributed by atoms with Gasteiger partial charge in [-0.1, -0.05) is 38.1 Å². The van der Waals surface area contributed by atoms with Crippen LogP contribution in [0, 0.1) is 0 Å². The van der Waals surface area contributed by atoms with Crippen molar-refractivity contribution in [3.05, 3.63) is 53.6 Å². The van der Waals surface area contributed by atoms with E-state index in [1.165, 1.54) is 12.1 Å². The Hall–Kier alpha value is -3.02. The summed E-state index contributed by atoms with van der Waals surface area (Å²) in [6.07, 6.45) is 0. The molecule has 0 bridgehead atoms. The summed E-state index contributed by atoms with van der Waals surface area (Å²) in [5.41, 5.74) is 0.971. The first-order valence-electron chi connectivity index (χ1n) is 7.44. The quantitative estimate of drug-likeness (QED) is 0.849. The van der Waals surface area contributed by atoms with Crippen LogP contribution >= 0.6 is 0 Å². The Bertz CT molecular complexity index is 738.